The van der Waals surface area contributed by atoms with Crippen LogP contribution < -0.4 is 10.6 Å². The highest BCUT2D eigenvalue weighted by atomic mass is 14.9. The molecule has 0 radical (unpaired) electrons. The minimum Gasteiger partial charge on any atom is -0.312 e. The second-order valence-corrected chi connectivity index (χ2v) is 6.81. The molecule has 0 saturated carbocycles. The van der Waals surface area contributed by atoms with Crippen LogP contribution in [-0.2, 0) is 13.1 Å². The Labute approximate surface area is 159 Å². The van der Waals surface area contributed by atoms with Gasteiger partial charge in [-0.2, -0.15) is 0 Å². The molecule has 0 spiro atoms. The van der Waals surface area contributed by atoms with E-state index >= 15 is 0 Å². The van der Waals surface area contributed by atoms with Gasteiger partial charge < -0.3 is 10.6 Å². The van der Waals surface area contributed by atoms with Crippen LogP contribution in [0.15, 0.2) is 61.7 Å². The van der Waals surface area contributed by atoms with Gasteiger partial charge in [-0.15, -0.1) is 0 Å². The monoisotopic (exact) mass is 348 g/mol. The van der Waals surface area contributed by atoms with E-state index in [1.165, 1.54) is 35.1 Å². The zero-order chi connectivity index (χ0) is 18.6. The van der Waals surface area contributed by atoms with Crippen LogP contribution in [0.2, 0.25) is 0 Å². The highest BCUT2D eigenvalue weighted by Crippen LogP contribution is 2.09. The normalized spacial score (nSPS) is 10.8. The smallest absolute Gasteiger partial charge is 0.0205 e. The van der Waals surface area contributed by atoms with Gasteiger partial charge in [-0.05, 0) is 47.7 Å². The molecule has 0 amide bonds. The molecule has 138 valence electrons. The van der Waals surface area contributed by atoms with Gasteiger partial charge in [0.2, 0.25) is 0 Å². The molecule has 2 N–H and O–H groups in total. The molecular weight excluding hydrogens is 316 g/mol. The Hall–Kier alpha value is -2.16. The lowest BCUT2D eigenvalue weighted by Gasteiger charge is -2.18. The number of rotatable bonds is 12. The van der Waals surface area contributed by atoms with Crippen molar-refractivity contribution >= 4 is 12.2 Å². The first-order valence-electron chi connectivity index (χ1n) is 9.59. The maximum absolute atomic E-state index is 3.80. The Morgan fingerprint density at radius 3 is 1.54 bits per heavy atom. The average Bonchev–Trinajstić information content (AvgIpc) is 2.69. The first-order valence-corrected chi connectivity index (χ1v) is 9.59. The quantitative estimate of drug-likeness (QED) is 0.546. The SMILES string of the molecule is C=Cc1ccc(CNCC(CCC)CNCc2ccc(C=C)cc2)cc1. The number of hydrogen-bond acceptors (Lipinski definition) is 2. The van der Waals surface area contributed by atoms with Crippen LogP contribution in [-0.4, -0.2) is 13.1 Å². The third-order valence-electron chi connectivity index (χ3n) is 4.65. The van der Waals surface area contributed by atoms with Gasteiger partial charge in [-0.3, -0.25) is 0 Å². The van der Waals surface area contributed by atoms with Gasteiger partial charge >= 0.3 is 0 Å². The standard InChI is InChI=1S/C24H32N2/c1-4-7-24(18-25-16-22-12-8-20(5-2)9-13-22)19-26-17-23-14-10-21(6-3)11-15-23/h5-6,8-15,24-26H,2-4,7,16-19H2,1H3. The summed E-state index contributed by atoms with van der Waals surface area (Å²) in [5.74, 6) is 0.653. The fraction of sp³-hybridized carbons (Fsp3) is 0.333. The number of hydrogen-bond donors (Lipinski definition) is 2. The van der Waals surface area contributed by atoms with E-state index in [2.05, 4.69) is 79.2 Å². The van der Waals surface area contributed by atoms with Crippen molar-refractivity contribution in [2.45, 2.75) is 32.9 Å². The van der Waals surface area contributed by atoms with Crippen LogP contribution in [0.1, 0.15) is 42.0 Å². The molecule has 0 heterocycles. The largest absolute Gasteiger partial charge is 0.312 e. The molecular formula is C24H32N2. The van der Waals surface area contributed by atoms with E-state index in [9.17, 15) is 0 Å². The summed E-state index contributed by atoms with van der Waals surface area (Å²) in [6.07, 6.45) is 6.22. The molecule has 2 nitrogen and oxygen atoms in total. The van der Waals surface area contributed by atoms with Crippen LogP contribution in [0.5, 0.6) is 0 Å². The van der Waals surface area contributed by atoms with E-state index in [1.807, 2.05) is 12.2 Å². The summed E-state index contributed by atoms with van der Waals surface area (Å²) in [5, 5.41) is 7.22. The Morgan fingerprint density at radius 2 is 1.19 bits per heavy atom. The van der Waals surface area contributed by atoms with Gasteiger partial charge in [0.15, 0.2) is 0 Å². The van der Waals surface area contributed by atoms with Crippen LogP contribution in [0.25, 0.3) is 12.2 Å². The van der Waals surface area contributed by atoms with Crippen molar-refractivity contribution in [2.75, 3.05) is 13.1 Å². The van der Waals surface area contributed by atoms with Crippen molar-refractivity contribution in [1.82, 2.24) is 10.6 Å². The second kappa shape index (κ2) is 11.5. The molecule has 0 aliphatic heterocycles. The Bertz CT molecular complexity index is 598. The lowest BCUT2D eigenvalue weighted by atomic mass is 10.0. The molecule has 26 heavy (non-hydrogen) atoms. The van der Waals surface area contributed by atoms with E-state index in [-0.39, 0.29) is 0 Å². The molecule has 0 saturated heterocycles. The van der Waals surface area contributed by atoms with Crippen molar-refractivity contribution in [3.05, 3.63) is 83.9 Å². The third-order valence-corrected chi connectivity index (χ3v) is 4.65. The molecule has 0 fully saturated rings. The Kier molecular flexibility index (Phi) is 8.88. The second-order valence-electron chi connectivity index (χ2n) is 6.81. The van der Waals surface area contributed by atoms with E-state index < -0.39 is 0 Å². The Morgan fingerprint density at radius 1 is 0.769 bits per heavy atom. The van der Waals surface area contributed by atoms with E-state index in [1.54, 1.807) is 0 Å². The van der Waals surface area contributed by atoms with Crippen LogP contribution in [0, 0.1) is 5.92 Å². The minimum absolute atomic E-state index is 0.653. The van der Waals surface area contributed by atoms with Gasteiger partial charge in [-0.25, -0.2) is 0 Å². The number of nitrogens with one attached hydrogen (secondary N) is 2. The zero-order valence-electron chi connectivity index (χ0n) is 16.0. The predicted molar refractivity (Wildman–Crippen MR) is 115 cm³/mol. The molecule has 2 heteroatoms. The van der Waals surface area contributed by atoms with Crippen LogP contribution >= 0.6 is 0 Å². The number of benzene rings is 2. The summed E-state index contributed by atoms with van der Waals surface area (Å²) < 4.78 is 0. The molecule has 2 rings (SSSR count). The first kappa shape index (κ1) is 20.2. The van der Waals surface area contributed by atoms with Gasteiger partial charge in [0.05, 0.1) is 0 Å². The summed E-state index contributed by atoms with van der Waals surface area (Å²) in [5.41, 5.74) is 4.98. The molecule has 0 bridgehead atoms. The highest BCUT2D eigenvalue weighted by molar-refractivity contribution is 5.47. The summed E-state index contributed by atoms with van der Waals surface area (Å²) in [6.45, 7) is 13.8. The van der Waals surface area contributed by atoms with Crippen molar-refractivity contribution < 1.29 is 0 Å². The first-order chi connectivity index (χ1) is 12.7. The minimum atomic E-state index is 0.653. The average molecular weight is 349 g/mol. The lowest BCUT2D eigenvalue weighted by Crippen LogP contribution is -2.31. The van der Waals surface area contributed by atoms with Gasteiger partial charge in [-0.1, -0.05) is 87.2 Å². The fourth-order valence-corrected chi connectivity index (χ4v) is 3.07. The van der Waals surface area contributed by atoms with Crippen LogP contribution in [0.4, 0.5) is 0 Å². The van der Waals surface area contributed by atoms with Gasteiger partial charge in [0.25, 0.3) is 0 Å². The van der Waals surface area contributed by atoms with E-state index in [4.69, 9.17) is 0 Å². The van der Waals surface area contributed by atoms with E-state index in [0.717, 1.165) is 26.2 Å². The zero-order valence-corrected chi connectivity index (χ0v) is 16.0. The lowest BCUT2D eigenvalue weighted by molar-refractivity contribution is 0.412. The molecule has 0 atom stereocenters. The summed E-state index contributed by atoms with van der Waals surface area (Å²) >= 11 is 0. The topological polar surface area (TPSA) is 24.1 Å². The molecule has 2 aromatic rings. The van der Waals surface area contributed by atoms with E-state index in [0.29, 0.717) is 5.92 Å². The molecule has 0 unspecified atom stereocenters. The molecule has 0 aromatic heterocycles. The van der Waals surface area contributed by atoms with Crippen LogP contribution in [0.3, 0.4) is 0 Å². The maximum atomic E-state index is 3.80. The van der Waals surface area contributed by atoms with Crippen molar-refractivity contribution in [3.8, 4) is 0 Å². The van der Waals surface area contributed by atoms with Crippen molar-refractivity contribution in [1.29, 1.82) is 0 Å². The summed E-state index contributed by atoms with van der Waals surface area (Å²) in [6, 6.07) is 17.2. The fourth-order valence-electron chi connectivity index (χ4n) is 3.07. The molecule has 0 aliphatic carbocycles. The molecule has 2 aromatic carbocycles. The van der Waals surface area contributed by atoms with Gasteiger partial charge in [0.1, 0.15) is 0 Å². The van der Waals surface area contributed by atoms with Crippen molar-refractivity contribution in [2.24, 2.45) is 5.92 Å². The maximum Gasteiger partial charge on any atom is 0.0205 e. The van der Waals surface area contributed by atoms with Gasteiger partial charge in [0, 0.05) is 13.1 Å². The Balaban J connectivity index is 1.72. The summed E-state index contributed by atoms with van der Waals surface area (Å²) in [4.78, 5) is 0. The predicted octanol–water partition coefficient (Wildman–Crippen LogP) is 5.27. The molecule has 0 aliphatic rings. The highest BCUT2D eigenvalue weighted by Gasteiger charge is 2.07. The third kappa shape index (κ3) is 6.99. The summed E-state index contributed by atoms with van der Waals surface area (Å²) in [7, 11) is 0. The van der Waals surface area contributed by atoms with Crippen molar-refractivity contribution in [3.63, 3.8) is 0 Å².